The number of benzene rings is 1. The van der Waals surface area contributed by atoms with Gasteiger partial charge in [0.05, 0.1) is 18.1 Å². The summed E-state index contributed by atoms with van der Waals surface area (Å²) in [6.07, 6.45) is 2.69. The van der Waals surface area contributed by atoms with Crippen LogP contribution in [0.2, 0.25) is 0 Å². The van der Waals surface area contributed by atoms with Crippen molar-refractivity contribution in [2.75, 3.05) is 6.61 Å². The molecule has 0 saturated carbocycles. The average molecular weight is 347 g/mol. The predicted octanol–water partition coefficient (Wildman–Crippen LogP) is 3.35. The van der Waals surface area contributed by atoms with Gasteiger partial charge in [-0.2, -0.15) is 0 Å². The fourth-order valence-corrected chi connectivity index (χ4v) is 3.61. The number of nitrogens with one attached hydrogen (secondary N) is 1. The number of carbonyl (C=O) groups is 2. The first-order chi connectivity index (χ1) is 12.0. The molecule has 0 spiro atoms. The van der Waals surface area contributed by atoms with E-state index in [4.69, 9.17) is 4.74 Å². The van der Waals surface area contributed by atoms with Crippen LogP contribution in [0.15, 0.2) is 41.2 Å². The molecule has 2 unspecified atom stereocenters. The van der Waals surface area contributed by atoms with Gasteiger partial charge < -0.3 is 10.1 Å². The molecule has 6 heteroatoms. The van der Waals surface area contributed by atoms with Crippen LogP contribution in [-0.2, 0) is 14.3 Å². The first-order valence-corrected chi connectivity index (χ1v) is 8.27. The second kappa shape index (κ2) is 6.78. The number of hydrogen-bond acceptors (Lipinski definition) is 4. The normalized spacial score (nSPS) is 22.9. The van der Waals surface area contributed by atoms with Crippen molar-refractivity contribution in [1.82, 2.24) is 5.32 Å². The van der Waals surface area contributed by atoms with Crippen molar-refractivity contribution in [2.45, 2.75) is 32.6 Å². The molecule has 3 rings (SSSR count). The maximum Gasteiger partial charge on any atom is 0.336 e. The van der Waals surface area contributed by atoms with Crippen molar-refractivity contribution in [3.05, 3.63) is 58.4 Å². The van der Waals surface area contributed by atoms with E-state index >= 15 is 0 Å². The van der Waals surface area contributed by atoms with Crippen LogP contribution >= 0.6 is 0 Å². The summed E-state index contributed by atoms with van der Waals surface area (Å²) in [7, 11) is 0. The zero-order valence-corrected chi connectivity index (χ0v) is 14.1. The van der Waals surface area contributed by atoms with Gasteiger partial charge >= 0.3 is 5.97 Å². The Morgan fingerprint density at radius 1 is 1.28 bits per heavy atom. The van der Waals surface area contributed by atoms with Gasteiger partial charge in [0.25, 0.3) is 0 Å². The summed E-state index contributed by atoms with van der Waals surface area (Å²) in [5.41, 5.74) is 0.874. The van der Waals surface area contributed by atoms with Crippen molar-refractivity contribution >= 4 is 11.8 Å². The van der Waals surface area contributed by atoms with Gasteiger partial charge in [-0.3, -0.25) is 4.79 Å². The Kier molecular flexibility index (Phi) is 4.70. The lowest BCUT2D eigenvalue weighted by Gasteiger charge is -2.38. The lowest BCUT2D eigenvalue weighted by atomic mass is 9.70. The third-order valence-electron chi connectivity index (χ3n) is 4.62. The van der Waals surface area contributed by atoms with Gasteiger partial charge in [0, 0.05) is 29.3 Å². The Morgan fingerprint density at radius 3 is 2.60 bits per heavy atom. The molecule has 2 atom stereocenters. The summed E-state index contributed by atoms with van der Waals surface area (Å²) in [5, 5.41) is 3.05. The van der Waals surface area contributed by atoms with Gasteiger partial charge in [-0.25, -0.2) is 13.6 Å². The van der Waals surface area contributed by atoms with Gasteiger partial charge in [-0.05, 0) is 32.4 Å². The number of esters is 1. The highest BCUT2D eigenvalue weighted by molar-refractivity contribution is 5.96. The number of Topliss-reactive ketones (excluding diaryl/α,β-unsaturated/α-hetero) is 1. The first-order valence-electron chi connectivity index (χ1n) is 8.27. The molecule has 1 N–H and O–H groups in total. The number of halogens is 2. The number of ether oxygens (including phenoxy) is 1. The molecule has 1 heterocycles. The van der Waals surface area contributed by atoms with E-state index < -0.39 is 29.4 Å². The highest BCUT2D eigenvalue weighted by atomic mass is 19.1. The molecule has 132 valence electrons. The van der Waals surface area contributed by atoms with Crippen LogP contribution in [0.25, 0.3) is 0 Å². The minimum atomic E-state index is -1.04. The zero-order valence-electron chi connectivity index (χ0n) is 14.1. The molecule has 0 aromatic heterocycles. The minimum absolute atomic E-state index is 0.100. The monoisotopic (exact) mass is 347 g/mol. The van der Waals surface area contributed by atoms with E-state index in [0.717, 1.165) is 12.1 Å². The van der Waals surface area contributed by atoms with Crippen molar-refractivity contribution in [2.24, 2.45) is 5.92 Å². The van der Waals surface area contributed by atoms with Crippen LogP contribution in [0.5, 0.6) is 0 Å². The topological polar surface area (TPSA) is 55.4 Å². The smallest absolute Gasteiger partial charge is 0.336 e. The van der Waals surface area contributed by atoms with E-state index in [0.29, 0.717) is 17.8 Å². The Hall–Kier alpha value is -2.50. The summed E-state index contributed by atoms with van der Waals surface area (Å²) < 4.78 is 34.1. The number of fused-ring (bicyclic) bond motifs is 1. The molecule has 4 nitrogen and oxygen atoms in total. The van der Waals surface area contributed by atoms with Gasteiger partial charge in [-0.1, -0.05) is 12.1 Å². The Bertz CT molecular complexity index is 778. The summed E-state index contributed by atoms with van der Waals surface area (Å²) >= 11 is 0. The Balaban J connectivity index is 2.24. The molecule has 1 aromatic carbocycles. The highest BCUT2D eigenvalue weighted by Crippen LogP contribution is 2.45. The summed E-state index contributed by atoms with van der Waals surface area (Å²) in [4.78, 5) is 25.1. The quantitative estimate of drug-likeness (QED) is 0.852. The molecule has 1 aromatic rings. The predicted molar refractivity (Wildman–Crippen MR) is 87.4 cm³/mol. The lowest BCUT2D eigenvalue weighted by Crippen LogP contribution is -2.41. The number of ketones is 1. The standard InChI is InChI=1S/C19H19F2NO3/c1-3-25-19(24)15-10(2)22-13-8-5-9-14(23)17(13)18(15)16-11(20)6-4-7-12(16)21/h4,6-8,17-18,22H,3,5,9H2,1-2H3. The van der Waals surface area contributed by atoms with Crippen LogP contribution in [0.1, 0.15) is 38.2 Å². The van der Waals surface area contributed by atoms with E-state index in [-0.39, 0.29) is 29.9 Å². The van der Waals surface area contributed by atoms with Crippen molar-refractivity contribution < 1.29 is 23.1 Å². The molecular formula is C19H19F2NO3. The van der Waals surface area contributed by atoms with E-state index in [1.807, 2.05) is 6.08 Å². The van der Waals surface area contributed by atoms with Crippen LogP contribution in [0.3, 0.4) is 0 Å². The molecule has 1 aliphatic carbocycles. The molecule has 0 radical (unpaired) electrons. The third-order valence-corrected chi connectivity index (χ3v) is 4.62. The minimum Gasteiger partial charge on any atom is -0.463 e. The van der Waals surface area contributed by atoms with E-state index in [9.17, 15) is 18.4 Å². The highest BCUT2D eigenvalue weighted by Gasteiger charge is 2.45. The molecule has 0 fully saturated rings. The van der Waals surface area contributed by atoms with Gasteiger partial charge in [0.1, 0.15) is 17.4 Å². The van der Waals surface area contributed by atoms with Crippen molar-refractivity contribution in [1.29, 1.82) is 0 Å². The summed E-state index contributed by atoms with van der Waals surface area (Å²) in [5.74, 6) is -4.23. The number of rotatable bonds is 3. The van der Waals surface area contributed by atoms with Gasteiger partial charge in [0.2, 0.25) is 0 Å². The molecular weight excluding hydrogens is 328 g/mol. The summed E-state index contributed by atoms with van der Waals surface area (Å²) in [6.45, 7) is 3.43. The van der Waals surface area contributed by atoms with E-state index in [1.54, 1.807) is 13.8 Å². The Labute approximate surface area is 144 Å². The maximum absolute atomic E-state index is 14.5. The molecule has 2 aliphatic rings. The van der Waals surface area contributed by atoms with Crippen LogP contribution < -0.4 is 5.32 Å². The number of carbonyl (C=O) groups excluding carboxylic acids is 2. The molecule has 0 saturated heterocycles. The zero-order chi connectivity index (χ0) is 18.1. The van der Waals surface area contributed by atoms with E-state index in [1.165, 1.54) is 6.07 Å². The molecule has 0 amide bonds. The SMILES string of the molecule is CCOC(=O)C1=C(C)NC2=CCCC(=O)C2C1c1c(F)cccc1F. The number of allylic oxidation sites excluding steroid dienone is 3. The third kappa shape index (κ3) is 2.97. The fraction of sp³-hybridized carbons (Fsp3) is 0.368. The molecule has 25 heavy (non-hydrogen) atoms. The second-order valence-electron chi connectivity index (χ2n) is 6.14. The summed E-state index contributed by atoms with van der Waals surface area (Å²) in [6, 6.07) is 3.53. The van der Waals surface area contributed by atoms with E-state index in [2.05, 4.69) is 5.32 Å². The largest absolute Gasteiger partial charge is 0.463 e. The first kappa shape index (κ1) is 17.3. The molecule has 1 aliphatic heterocycles. The fourth-order valence-electron chi connectivity index (χ4n) is 3.61. The number of hydrogen-bond donors (Lipinski definition) is 1. The van der Waals surface area contributed by atoms with Crippen LogP contribution in [-0.4, -0.2) is 18.4 Å². The maximum atomic E-state index is 14.5. The van der Waals surface area contributed by atoms with Gasteiger partial charge in [0.15, 0.2) is 0 Å². The Morgan fingerprint density at radius 2 is 1.96 bits per heavy atom. The average Bonchev–Trinajstić information content (AvgIpc) is 2.54. The van der Waals surface area contributed by atoms with Crippen LogP contribution in [0, 0.1) is 17.6 Å². The van der Waals surface area contributed by atoms with Gasteiger partial charge in [-0.15, -0.1) is 0 Å². The molecule has 0 bridgehead atoms. The lowest BCUT2D eigenvalue weighted by molar-refractivity contribution is -0.139. The van der Waals surface area contributed by atoms with Crippen molar-refractivity contribution in [3.63, 3.8) is 0 Å². The van der Waals surface area contributed by atoms with Crippen LogP contribution in [0.4, 0.5) is 8.78 Å². The second-order valence-corrected chi connectivity index (χ2v) is 6.14. The van der Waals surface area contributed by atoms with Crippen molar-refractivity contribution in [3.8, 4) is 0 Å².